The lowest BCUT2D eigenvalue weighted by Crippen LogP contribution is -2.86. The van der Waals surface area contributed by atoms with Gasteiger partial charge < -0.3 is 10.6 Å². The van der Waals surface area contributed by atoms with Gasteiger partial charge in [-0.3, -0.25) is 0 Å². The molecule has 0 bridgehead atoms. The highest BCUT2D eigenvalue weighted by atomic mass is 14.9. The number of fused-ring (bicyclic) bond motifs is 3. The summed E-state index contributed by atoms with van der Waals surface area (Å²) in [6, 6.07) is 17.7. The molecule has 0 aromatic heterocycles. The van der Waals surface area contributed by atoms with E-state index in [9.17, 15) is 0 Å². The van der Waals surface area contributed by atoms with Crippen molar-refractivity contribution in [2.75, 3.05) is 26.2 Å². The van der Waals surface area contributed by atoms with Crippen LogP contribution in [0.2, 0.25) is 0 Å². The lowest BCUT2D eigenvalue weighted by Gasteiger charge is -2.12. The molecule has 0 radical (unpaired) electrons. The van der Waals surface area contributed by atoms with Crippen molar-refractivity contribution < 1.29 is 5.32 Å². The standard InChI is InChI=1S/C18H22N2/c1-2-19-11-12-20-13-18-16-9-5-3-7-14(16)15-8-4-6-10-17(15)18/h3-10,18-20H,2,11-13H2,1H3/p+1. The second kappa shape index (κ2) is 6.21. The fourth-order valence-electron chi connectivity index (χ4n) is 3.18. The Morgan fingerprint density at radius 3 is 2.15 bits per heavy atom. The van der Waals surface area contributed by atoms with Crippen LogP contribution in [-0.4, -0.2) is 26.2 Å². The molecule has 2 aromatic carbocycles. The average Bonchev–Trinajstić information content (AvgIpc) is 2.82. The summed E-state index contributed by atoms with van der Waals surface area (Å²) in [7, 11) is 0. The van der Waals surface area contributed by atoms with Crippen LogP contribution in [0, 0.1) is 0 Å². The van der Waals surface area contributed by atoms with Gasteiger partial charge in [-0.2, -0.15) is 0 Å². The predicted molar refractivity (Wildman–Crippen MR) is 83.9 cm³/mol. The molecule has 0 amide bonds. The highest BCUT2D eigenvalue weighted by Gasteiger charge is 2.28. The molecule has 0 saturated carbocycles. The van der Waals surface area contributed by atoms with Gasteiger partial charge >= 0.3 is 0 Å². The molecule has 0 heterocycles. The molecule has 0 aliphatic heterocycles. The highest BCUT2D eigenvalue weighted by Crippen LogP contribution is 2.43. The molecule has 0 saturated heterocycles. The first-order valence-corrected chi connectivity index (χ1v) is 7.62. The maximum absolute atomic E-state index is 3.38. The zero-order chi connectivity index (χ0) is 13.8. The molecule has 2 nitrogen and oxygen atoms in total. The number of likely N-dealkylation sites (N-methyl/N-ethyl adjacent to an activating group) is 1. The Hall–Kier alpha value is -1.64. The summed E-state index contributed by atoms with van der Waals surface area (Å²) >= 11 is 0. The van der Waals surface area contributed by atoms with Crippen molar-refractivity contribution in [2.45, 2.75) is 12.8 Å². The number of quaternary nitrogens is 1. The summed E-state index contributed by atoms with van der Waals surface area (Å²) in [4.78, 5) is 0. The van der Waals surface area contributed by atoms with Gasteiger partial charge in [0.2, 0.25) is 0 Å². The van der Waals surface area contributed by atoms with Gasteiger partial charge in [0, 0.05) is 6.54 Å². The zero-order valence-corrected chi connectivity index (χ0v) is 12.1. The predicted octanol–water partition coefficient (Wildman–Crippen LogP) is 1.97. The summed E-state index contributed by atoms with van der Waals surface area (Å²) in [5.41, 5.74) is 5.84. The van der Waals surface area contributed by atoms with Gasteiger partial charge in [-0.05, 0) is 28.8 Å². The molecule has 20 heavy (non-hydrogen) atoms. The summed E-state index contributed by atoms with van der Waals surface area (Å²) in [5, 5.41) is 5.82. The van der Waals surface area contributed by atoms with Crippen LogP contribution < -0.4 is 10.6 Å². The molecule has 1 aliphatic rings. The molecule has 2 aromatic rings. The van der Waals surface area contributed by atoms with Crippen LogP contribution in [0.4, 0.5) is 0 Å². The number of hydrogen-bond acceptors (Lipinski definition) is 1. The van der Waals surface area contributed by atoms with Crippen LogP contribution in [0.25, 0.3) is 11.1 Å². The summed E-state index contributed by atoms with van der Waals surface area (Å²) in [6.45, 7) is 6.59. The van der Waals surface area contributed by atoms with E-state index in [1.165, 1.54) is 22.3 Å². The molecule has 0 fully saturated rings. The molecule has 0 unspecified atom stereocenters. The summed E-state index contributed by atoms with van der Waals surface area (Å²) in [6.07, 6.45) is 0. The second-order valence-electron chi connectivity index (χ2n) is 5.39. The topological polar surface area (TPSA) is 28.6 Å². The molecule has 2 heteroatoms. The lowest BCUT2D eigenvalue weighted by molar-refractivity contribution is -0.654. The van der Waals surface area contributed by atoms with E-state index in [0.29, 0.717) is 5.92 Å². The van der Waals surface area contributed by atoms with E-state index in [1.807, 2.05) is 0 Å². The third kappa shape index (κ3) is 2.49. The lowest BCUT2D eigenvalue weighted by atomic mass is 9.97. The molecule has 3 N–H and O–H groups in total. The van der Waals surface area contributed by atoms with Crippen molar-refractivity contribution in [3.05, 3.63) is 59.7 Å². The monoisotopic (exact) mass is 267 g/mol. The molecule has 3 rings (SSSR count). The number of nitrogens with one attached hydrogen (secondary N) is 1. The molecule has 0 spiro atoms. The quantitative estimate of drug-likeness (QED) is 0.770. The van der Waals surface area contributed by atoms with Crippen LogP contribution in [0.1, 0.15) is 24.0 Å². The van der Waals surface area contributed by atoms with E-state index >= 15 is 0 Å². The third-order valence-corrected chi connectivity index (χ3v) is 4.14. The largest absolute Gasteiger partial charge is 0.344 e. The van der Waals surface area contributed by atoms with Crippen molar-refractivity contribution in [3.8, 4) is 11.1 Å². The Morgan fingerprint density at radius 1 is 0.950 bits per heavy atom. The Labute approximate surface area is 121 Å². The fourth-order valence-corrected chi connectivity index (χ4v) is 3.18. The number of rotatable bonds is 6. The van der Waals surface area contributed by atoms with Crippen LogP contribution in [0.5, 0.6) is 0 Å². The van der Waals surface area contributed by atoms with Gasteiger partial charge in [0.1, 0.15) is 0 Å². The molecule has 104 valence electrons. The van der Waals surface area contributed by atoms with E-state index in [-0.39, 0.29) is 0 Å². The maximum atomic E-state index is 3.38. The number of hydrogen-bond donors (Lipinski definition) is 2. The zero-order valence-electron chi connectivity index (χ0n) is 12.1. The van der Waals surface area contributed by atoms with Crippen molar-refractivity contribution >= 4 is 0 Å². The van der Waals surface area contributed by atoms with E-state index in [4.69, 9.17) is 0 Å². The first-order valence-electron chi connectivity index (χ1n) is 7.62. The first-order chi connectivity index (χ1) is 9.92. The van der Waals surface area contributed by atoms with Gasteiger partial charge in [0.05, 0.1) is 19.0 Å². The second-order valence-corrected chi connectivity index (χ2v) is 5.39. The van der Waals surface area contributed by atoms with Crippen molar-refractivity contribution in [3.63, 3.8) is 0 Å². The maximum Gasteiger partial charge on any atom is 0.0882 e. The van der Waals surface area contributed by atoms with Crippen molar-refractivity contribution in [1.82, 2.24) is 5.32 Å². The van der Waals surface area contributed by atoms with Gasteiger partial charge in [0.15, 0.2) is 0 Å². The van der Waals surface area contributed by atoms with Crippen LogP contribution in [-0.2, 0) is 0 Å². The molecular formula is C18H23N2+. The SMILES string of the molecule is CCNCC[NH2+]CC1c2ccccc2-c2ccccc21. The van der Waals surface area contributed by atoms with Gasteiger partial charge in [-0.15, -0.1) is 0 Å². The Balaban J connectivity index is 1.77. The van der Waals surface area contributed by atoms with Crippen LogP contribution >= 0.6 is 0 Å². The normalized spacial score (nSPS) is 13.2. The van der Waals surface area contributed by atoms with Crippen molar-refractivity contribution in [2.24, 2.45) is 0 Å². The van der Waals surface area contributed by atoms with Crippen LogP contribution in [0.3, 0.4) is 0 Å². The summed E-state index contributed by atoms with van der Waals surface area (Å²) in [5.74, 6) is 0.545. The summed E-state index contributed by atoms with van der Waals surface area (Å²) < 4.78 is 0. The van der Waals surface area contributed by atoms with Gasteiger partial charge in [-0.1, -0.05) is 55.5 Å². The van der Waals surface area contributed by atoms with Gasteiger partial charge in [0.25, 0.3) is 0 Å². The van der Waals surface area contributed by atoms with E-state index in [1.54, 1.807) is 0 Å². The Kier molecular flexibility index (Phi) is 4.14. The van der Waals surface area contributed by atoms with E-state index < -0.39 is 0 Å². The van der Waals surface area contributed by atoms with E-state index in [0.717, 1.165) is 26.2 Å². The minimum absolute atomic E-state index is 0.545. The molecular weight excluding hydrogens is 244 g/mol. The number of benzene rings is 2. The number of nitrogens with two attached hydrogens (primary N) is 1. The first kappa shape index (κ1) is 13.3. The minimum Gasteiger partial charge on any atom is -0.344 e. The molecule has 0 atom stereocenters. The van der Waals surface area contributed by atoms with Crippen LogP contribution in [0.15, 0.2) is 48.5 Å². The van der Waals surface area contributed by atoms with Crippen molar-refractivity contribution in [1.29, 1.82) is 0 Å². The Bertz CT molecular complexity index is 532. The highest BCUT2D eigenvalue weighted by molar-refractivity contribution is 5.78. The minimum atomic E-state index is 0.545. The van der Waals surface area contributed by atoms with E-state index in [2.05, 4.69) is 66.1 Å². The fraction of sp³-hybridized carbons (Fsp3) is 0.333. The molecule has 1 aliphatic carbocycles. The smallest absolute Gasteiger partial charge is 0.0882 e. The average molecular weight is 267 g/mol. The van der Waals surface area contributed by atoms with Gasteiger partial charge in [-0.25, -0.2) is 0 Å². The third-order valence-electron chi connectivity index (χ3n) is 4.14. The Morgan fingerprint density at radius 2 is 1.55 bits per heavy atom.